The second kappa shape index (κ2) is 10.9. The Labute approximate surface area is 213 Å². The normalized spacial score (nSPS) is 16.4. The molecule has 0 aliphatic carbocycles. The number of esters is 1. The van der Waals surface area contributed by atoms with Crippen molar-refractivity contribution >= 4 is 52.2 Å². The summed E-state index contributed by atoms with van der Waals surface area (Å²) in [6.45, 7) is 9.24. The average molecular weight is 589 g/mol. The lowest BCUT2D eigenvalue weighted by atomic mass is 10.1. The van der Waals surface area contributed by atoms with Crippen LogP contribution in [0.4, 0.5) is 10.7 Å². The highest BCUT2D eigenvalue weighted by Crippen LogP contribution is 2.28. The number of benzene rings is 1. The Morgan fingerprint density at radius 1 is 1.30 bits per heavy atom. The van der Waals surface area contributed by atoms with Gasteiger partial charge in [0, 0.05) is 24.2 Å². The number of ether oxygens (including phenoxy) is 2. The molecule has 0 spiro atoms. The number of carbonyl (C=O) groups excluding carboxylic acids is 2. The van der Waals surface area contributed by atoms with Crippen molar-refractivity contribution in [3.63, 3.8) is 0 Å². The first-order valence-electron chi connectivity index (χ1n) is 11.0. The van der Waals surface area contributed by atoms with Crippen molar-refractivity contribution in [1.29, 1.82) is 0 Å². The number of rotatable bonds is 6. The van der Waals surface area contributed by atoms with E-state index in [9.17, 15) is 9.59 Å². The third-order valence-electron chi connectivity index (χ3n) is 5.09. The minimum atomic E-state index is -0.561. The summed E-state index contributed by atoms with van der Waals surface area (Å²) in [6, 6.07) is 7.44. The zero-order valence-corrected chi connectivity index (χ0v) is 22.3. The highest BCUT2D eigenvalue weighted by molar-refractivity contribution is 14.1. The van der Waals surface area contributed by atoms with Gasteiger partial charge < -0.3 is 19.7 Å². The molecule has 1 aliphatic heterocycles. The Morgan fingerprint density at radius 3 is 2.70 bits per heavy atom. The van der Waals surface area contributed by atoms with Gasteiger partial charge in [-0.3, -0.25) is 4.57 Å². The van der Waals surface area contributed by atoms with Crippen LogP contribution >= 0.6 is 34.2 Å². The molecule has 8 nitrogen and oxygen atoms in total. The van der Waals surface area contributed by atoms with Crippen LogP contribution in [0.1, 0.15) is 56.6 Å². The number of hydrogen-bond acceptors (Lipinski definition) is 6. The molecule has 1 aromatic carbocycles. The van der Waals surface area contributed by atoms with E-state index in [-0.39, 0.29) is 12.6 Å². The number of nitrogens with one attached hydrogen (secondary N) is 1. The molecule has 0 unspecified atom stereocenters. The van der Waals surface area contributed by atoms with Gasteiger partial charge in [-0.1, -0.05) is 29.8 Å². The summed E-state index contributed by atoms with van der Waals surface area (Å²) in [7, 11) is 0. The summed E-state index contributed by atoms with van der Waals surface area (Å²) in [6.07, 6.45) is 1.27. The van der Waals surface area contributed by atoms with Crippen molar-refractivity contribution in [3.05, 3.63) is 44.2 Å². The summed E-state index contributed by atoms with van der Waals surface area (Å²) in [5, 5.41) is 3.58. The van der Waals surface area contributed by atoms with Crippen molar-refractivity contribution < 1.29 is 19.1 Å². The van der Waals surface area contributed by atoms with Gasteiger partial charge in [0.1, 0.15) is 9.30 Å². The van der Waals surface area contributed by atoms with Crippen molar-refractivity contribution in [3.8, 4) is 0 Å². The molecule has 2 heterocycles. The summed E-state index contributed by atoms with van der Waals surface area (Å²) < 4.78 is 13.1. The molecule has 1 amide bonds. The zero-order valence-electron chi connectivity index (χ0n) is 19.4. The Bertz CT molecular complexity index is 1000. The predicted molar refractivity (Wildman–Crippen MR) is 136 cm³/mol. The number of anilines is 1. The molecule has 0 saturated carbocycles. The Balaban J connectivity index is 1.89. The topological polar surface area (TPSA) is 85.7 Å². The number of amides is 1. The summed E-state index contributed by atoms with van der Waals surface area (Å²) in [5.41, 5.74) is 0.712. The van der Waals surface area contributed by atoms with Gasteiger partial charge in [-0.2, -0.15) is 0 Å². The SMILES string of the molecule is CCOC(=O)c1c(I)nc(N2CCC[C@@H](NC(=O)OC(C)(C)C)C2)n1Cc1ccccc1Cl. The van der Waals surface area contributed by atoms with E-state index in [0.29, 0.717) is 33.5 Å². The zero-order chi connectivity index (χ0) is 24.2. The maximum Gasteiger partial charge on any atom is 0.407 e. The van der Waals surface area contributed by atoms with E-state index in [1.54, 1.807) is 6.92 Å². The van der Waals surface area contributed by atoms with Crippen molar-refractivity contribution in [1.82, 2.24) is 14.9 Å². The molecule has 0 bridgehead atoms. The van der Waals surface area contributed by atoms with Crippen LogP contribution in [0, 0.1) is 3.70 Å². The molecule has 0 radical (unpaired) electrons. The van der Waals surface area contributed by atoms with E-state index in [1.165, 1.54) is 0 Å². The van der Waals surface area contributed by atoms with Crippen LogP contribution in [0.3, 0.4) is 0 Å². The molecule has 3 rings (SSSR count). The Hall–Kier alpha value is -2.01. The van der Waals surface area contributed by atoms with E-state index in [0.717, 1.165) is 24.9 Å². The molecule has 1 N–H and O–H groups in total. The standard InChI is InChI=1S/C23H30ClIN4O4/c1-5-32-20(30)18-19(25)27-21(29(18)13-15-9-6-7-11-17(15)24)28-12-8-10-16(14-28)26-22(31)33-23(2,3)4/h6-7,9,11,16H,5,8,10,12-14H2,1-4H3,(H,26,31)/t16-/m1/s1. The Kier molecular flexibility index (Phi) is 8.49. The molecular weight excluding hydrogens is 559 g/mol. The van der Waals surface area contributed by atoms with Gasteiger partial charge >= 0.3 is 12.1 Å². The van der Waals surface area contributed by atoms with E-state index >= 15 is 0 Å². The molecule has 1 aliphatic rings. The first kappa shape index (κ1) is 25.6. The van der Waals surface area contributed by atoms with E-state index in [1.807, 2.05) is 49.6 Å². The van der Waals surface area contributed by atoms with Gasteiger partial charge in [0.25, 0.3) is 0 Å². The number of imidazole rings is 1. The number of alkyl carbamates (subject to hydrolysis) is 1. The minimum absolute atomic E-state index is 0.0947. The molecule has 33 heavy (non-hydrogen) atoms. The lowest BCUT2D eigenvalue weighted by molar-refractivity contribution is 0.0495. The van der Waals surface area contributed by atoms with E-state index in [4.69, 9.17) is 26.1 Å². The van der Waals surface area contributed by atoms with E-state index in [2.05, 4.69) is 32.8 Å². The molecule has 1 atom stereocenters. The monoisotopic (exact) mass is 588 g/mol. The second-order valence-corrected chi connectivity index (χ2v) is 10.3. The third-order valence-corrected chi connectivity index (χ3v) is 6.21. The van der Waals surface area contributed by atoms with Crippen molar-refractivity contribution in [2.75, 3.05) is 24.6 Å². The quantitative estimate of drug-likeness (QED) is 0.383. The van der Waals surface area contributed by atoms with Gasteiger partial charge in [-0.25, -0.2) is 14.6 Å². The minimum Gasteiger partial charge on any atom is -0.461 e. The van der Waals surface area contributed by atoms with Crippen LogP contribution < -0.4 is 10.2 Å². The van der Waals surface area contributed by atoms with Crippen LogP contribution in [-0.2, 0) is 16.0 Å². The number of hydrogen-bond donors (Lipinski definition) is 1. The molecule has 2 aromatic rings. The van der Waals surface area contributed by atoms with Gasteiger partial charge in [-0.15, -0.1) is 0 Å². The van der Waals surface area contributed by atoms with Gasteiger partial charge in [0.2, 0.25) is 5.95 Å². The van der Waals surface area contributed by atoms with Crippen LogP contribution in [0.2, 0.25) is 5.02 Å². The highest BCUT2D eigenvalue weighted by atomic mass is 127. The lowest BCUT2D eigenvalue weighted by Crippen LogP contribution is -2.49. The molecule has 1 saturated heterocycles. The summed E-state index contributed by atoms with van der Waals surface area (Å²) >= 11 is 8.49. The summed E-state index contributed by atoms with van der Waals surface area (Å²) in [5.74, 6) is 0.228. The first-order valence-corrected chi connectivity index (χ1v) is 12.5. The fourth-order valence-electron chi connectivity index (χ4n) is 3.75. The van der Waals surface area contributed by atoms with E-state index < -0.39 is 17.7 Å². The number of nitrogens with zero attached hydrogens (tertiary/aromatic N) is 3. The van der Waals surface area contributed by atoms with Crippen LogP contribution in [0.15, 0.2) is 24.3 Å². The number of aromatic nitrogens is 2. The first-order chi connectivity index (χ1) is 15.6. The average Bonchev–Trinajstić information content (AvgIpc) is 3.04. The smallest absolute Gasteiger partial charge is 0.407 e. The molecule has 10 heteroatoms. The lowest BCUT2D eigenvalue weighted by Gasteiger charge is -2.34. The van der Waals surface area contributed by atoms with Crippen molar-refractivity contribution in [2.24, 2.45) is 0 Å². The van der Waals surface area contributed by atoms with Gasteiger partial charge in [-0.05, 0) is 74.8 Å². The maximum atomic E-state index is 12.8. The molecular formula is C23H30ClIN4O4. The highest BCUT2D eigenvalue weighted by Gasteiger charge is 2.30. The molecule has 180 valence electrons. The van der Waals surface area contributed by atoms with Crippen molar-refractivity contribution in [2.45, 2.75) is 58.7 Å². The Morgan fingerprint density at radius 2 is 2.03 bits per heavy atom. The van der Waals surface area contributed by atoms with Gasteiger partial charge in [0.05, 0.1) is 13.2 Å². The summed E-state index contributed by atoms with van der Waals surface area (Å²) in [4.78, 5) is 31.9. The number of piperidine rings is 1. The largest absolute Gasteiger partial charge is 0.461 e. The van der Waals surface area contributed by atoms with Gasteiger partial charge in [0.15, 0.2) is 5.69 Å². The number of halogens is 2. The fraction of sp³-hybridized carbons (Fsp3) is 0.522. The molecule has 1 aromatic heterocycles. The number of carbonyl (C=O) groups is 2. The van der Waals surface area contributed by atoms with Crippen LogP contribution in [0.5, 0.6) is 0 Å². The van der Waals surface area contributed by atoms with Crippen LogP contribution in [0.25, 0.3) is 0 Å². The third kappa shape index (κ3) is 6.75. The fourth-order valence-corrected chi connectivity index (χ4v) is 4.67. The molecule has 1 fully saturated rings. The maximum absolute atomic E-state index is 12.8. The predicted octanol–water partition coefficient (Wildman–Crippen LogP) is 4.86. The second-order valence-electron chi connectivity index (χ2n) is 8.88. The van der Waals surface area contributed by atoms with Crippen LogP contribution in [-0.4, -0.2) is 53.0 Å².